The fourth-order valence-corrected chi connectivity index (χ4v) is 3.58. The molecule has 3 N–H and O–H groups in total. The number of fused-ring (bicyclic) bond motifs is 1. The van der Waals surface area contributed by atoms with Gasteiger partial charge in [-0.05, 0) is 43.4 Å². The number of thioether (sulfide) groups is 1. The van der Waals surface area contributed by atoms with Gasteiger partial charge in [-0.1, -0.05) is 0 Å². The summed E-state index contributed by atoms with van der Waals surface area (Å²) >= 11 is 1.61. The Labute approximate surface area is 115 Å². The van der Waals surface area contributed by atoms with Crippen molar-refractivity contribution in [1.82, 2.24) is 4.98 Å². The van der Waals surface area contributed by atoms with Gasteiger partial charge in [0.15, 0.2) is 5.60 Å². The van der Waals surface area contributed by atoms with Gasteiger partial charge in [0.25, 0.3) is 5.91 Å². The molecule has 1 saturated heterocycles. The number of carbonyl (C=O) groups excluding carboxylic acids is 1. The van der Waals surface area contributed by atoms with Gasteiger partial charge in [-0.25, -0.2) is 0 Å². The van der Waals surface area contributed by atoms with Crippen LogP contribution in [0.3, 0.4) is 0 Å². The maximum atomic E-state index is 12.1. The second-order valence-electron chi connectivity index (χ2n) is 5.04. The van der Waals surface area contributed by atoms with Gasteiger partial charge in [0.2, 0.25) is 0 Å². The van der Waals surface area contributed by atoms with Crippen molar-refractivity contribution in [2.24, 2.45) is 0 Å². The highest BCUT2D eigenvalue weighted by atomic mass is 32.2. The van der Waals surface area contributed by atoms with Gasteiger partial charge >= 0.3 is 0 Å². The Balaban J connectivity index is 1.82. The summed E-state index contributed by atoms with van der Waals surface area (Å²) in [6.45, 7) is 2.00. The standard InChI is InChI=1S/C14H16N2O2S/c1-9-6-10-7-11(2-3-12(10)15-9)16-13(17)14(18)4-5-19-8-14/h2-3,6-7,15,18H,4-5,8H2,1H3,(H,16,17). The number of hydrogen-bond donors (Lipinski definition) is 3. The molecule has 1 atom stereocenters. The molecule has 100 valence electrons. The highest BCUT2D eigenvalue weighted by Gasteiger charge is 2.39. The Hall–Kier alpha value is -1.46. The molecule has 1 fully saturated rings. The first-order valence-electron chi connectivity index (χ1n) is 6.28. The number of nitrogens with one attached hydrogen (secondary N) is 2. The molecule has 1 aliphatic heterocycles. The van der Waals surface area contributed by atoms with E-state index in [1.807, 2.05) is 31.2 Å². The molecule has 2 heterocycles. The Morgan fingerprint density at radius 1 is 1.47 bits per heavy atom. The minimum absolute atomic E-state index is 0.302. The number of anilines is 1. The number of aryl methyl sites for hydroxylation is 1. The minimum atomic E-state index is -1.21. The number of hydrogen-bond acceptors (Lipinski definition) is 3. The maximum Gasteiger partial charge on any atom is 0.257 e. The van der Waals surface area contributed by atoms with E-state index in [9.17, 15) is 9.90 Å². The molecule has 0 aliphatic carbocycles. The molecule has 1 amide bonds. The molecule has 0 bridgehead atoms. The second-order valence-corrected chi connectivity index (χ2v) is 6.15. The third-order valence-electron chi connectivity index (χ3n) is 3.44. The van der Waals surface area contributed by atoms with Crippen molar-refractivity contribution >= 4 is 34.3 Å². The molecule has 1 aromatic heterocycles. The molecule has 5 heteroatoms. The number of H-pyrrole nitrogens is 1. The SMILES string of the molecule is Cc1cc2cc(NC(=O)C3(O)CCSC3)ccc2[nH]1. The molecule has 1 aliphatic rings. The maximum absolute atomic E-state index is 12.1. The van der Waals surface area contributed by atoms with Crippen molar-refractivity contribution in [2.75, 3.05) is 16.8 Å². The molecule has 0 radical (unpaired) electrons. The van der Waals surface area contributed by atoms with E-state index in [0.717, 1.165) is 28.0 Å². The van der Waals surface area contributed by atoms with E-state index in [-0.39, 0.29) is 5.91 Å². The summed E-state index contributed by atoms with van der Waals surface area (Å²) in [5.74, 6) is 1.01. The Morgan fingerprint density at radius 3 is 3.05 bits per heavy atom. The molecule has 0 saturated carbocycles. The van der Waals surface area contributed by atoms with Gasteiger partial charge in [-0.3, -0.25) is 4.79 Å². The lowest BCUT2D eigenvalue weighted by molar-refractivity contribution is -0.131. The predicted octanol–water partition coefficient (Wildman–Crippen LogP) is 2.28. The van der Waals surface area contributed by atoms with E-state index in [1.165, 1.54) is 0 Å². The number of amides is 1. The summed E-state index contributed by atoms with van der Waals surface area (Å²) in [6.07, 6.45) is 0.523. The average Bonchev–Trinajstić information content (AvgIpc) is 2.95. The normalized spacial score (nSPS) is 22.8. The highest BCUT2D eigenvalue weighted by Crippen LogP contribution is 2.29. The number of benzene rings is 1. The molecule has 1 unspecified atom stereocenters. The number of aromatic amines is 1. The molecular weight excluding hydrogens is 260 g/mol. The quantitative estimate of drug-likeness (QED) is 0.788. The van der Waals surface area contributed by atoms with Crippen LogP contribution in [0.4, 0.5) is 5.69 Å². The Bertz CT molecular complexity index is 629. The molecule has 0 spiro atoms. The molecule has 2 aromatic rings. The van der Waals surface area contributed by atoms with E-state index in [0.29, 0.717) is 12.2 Å². The predicted molar refractivity (Wildman–Crippen MR) is 78.6 cm³/mol. The van der Waals surface area contributed by atoms with Crippen LogP contribution in [0.1, 0.15) is 12.1 Å². The van der Waals surface area contributed by atoms with Crippen LogP contribution in [0, 0.1) is 6.92 Å². The van der Waals surface area contributed by atoms with E-state index in [4.69, 9.17) is 0 Å². The van der Waals surface area contributed by atoms with Crippen molar-refractivity contribution in [3.05, 3.63) is 30.0 Å². The summed E-state index contributed by atoms with van der Waals surface area (Å²) < 4.78 is 0. The lowest BCUT2D eigenvalue weighted by atomic mass is 10.0. The third kappa shape index (κ3) is 2.35. The number of carbonyl (C=O) groups is 1. The number of rotatable bonds is 2. The minimum Gasteiger partial charge on any atom is -0.379 e. The second kappa shape index (κ2) is 4.58. The van der Waals surface area contributed by atoms with Gasteiger partial charge in [0.05, 0.1) is 0 Å². The monoisotopic (exact) mass is 276 g/mol. The molecule has 19 heavy (non-hydrogen) atoms. The molecule has 4 nitrogen and oxygen atoms in total. The largest absolute Gasteiger partial charge is 0.379 e. The average molecular weight is 276 g/mol. The first kappa shape index (κ1) is 12.6. The molecule has 3 rings (SSSR count). The van der Waals surface area contributed by atoms with Gasteiger partial charge in [0.1, 0.15) is 0 Å². The van der Waals surface area contributed by atoms with Crippen LogP contribution < -0.4 is 5.32 Å². The first-order chi connectivity index (χ1) is 9.07. The number of aliphatic hydroxyl groups is 1. The van der Waals surface area contributed by atoms with Crippen LogP contribution in [0.2, 0.25) is 0 Å². The fourth-order valence-electron chi connectivity index (χ4n) is 2.34. The van der Waals surface area contributed by atoms with Crippen molar-refractivity contribution in [3.8, 4) is 0 Å². The van der Waals surface area contributed by atoms with Crippen molar-refractivity contribution in [3.63, 3.8) is 0 Å². The summed E-state index contributed by atoms with van der Waals surface area (Å²) in [4.78, 5) is 15.3. The fraction of sp³-hybridized carbons (Fsp3) is 0.357. The smallest absolute Gasteiger partial charge is 0.257 e. The van der Waals surface area contributed by atoms with E-state index in [2.05, 4.69) is 10.3 Å². The topological polar surface area (TPSA) is 65.1 Å². The van der Waals surface area contributed by atoms with Crippen molar-refractivity contribution in [2.45, 2.75) is 18.9 Å². The van der Waals surface area contributed by atoms with Crippen LogP contribution >= 0.6 is 11.8 Å². The van der Waals surface area contributed by atoms with Crippen LogP contribution in [-0.4, -0.2) is 33.1 Å². The molecular formula is C14H16N2O2S. The Kier molecular flexibility index (Phi) is 3.03. The van der Waals surface area contributed by atoms with Gasteiger partial charge < -0.3 is 15.4 Å². The van der Waals surface area contributed by atoms with Crippen LogP contribution in [0.15, 0.2) is 24.3 Å². The zero-order valence-corrected chi connectivity index (χ0v) is 11.5. The van der Waals surface area contributed by atoms with Crippen LogP contribution in [-0.2, 0) is 4.79 Å². The van der Waals surface area contributed by atoms with E-state index in [1.54, 1.807) is 11.8 Å². The lowest BCUT2D eigenvalue weighted by Gasteiger charge is -2.20. The third-order valence-corrected chi connectivity index (χ3v) is 4.61. The van der Waals surface area contributed by atoms with E-state index >= 15 is 0 Å². The summed E-state index contributed by atoms with van der Waals surface area (Å²) in [5, 5.41) is 14.1. The van der Waals surface area contributed by atoms with Crippen LogP contribution in [0.25, 0.3) is 10.9 Å². The lowest BCUT2D eigenvalue weighted by Crippen LogP contribution is -2.42. The van der Waals surface area contributed by atoms with Gasteiger partial charge in [-0.15, -0.1) is 0 Å². The highest BCUT2D eigenvalue weighted by molar-refractivity contribution is 7.99. The number of aromatic nitrogens is 1. The zero-order valence-electron chi connectivity index (χ0n) is 10.7. The van der Waals surface area contributed by atoms with Crippen LogP contribution in [0.5, 0.6) is 0 Å². The van der Waals surface area contributed by atoms with E-state index < -0.39 is 5.60 Å². The summed E-state index contributed by atoms with van der Waals surface area (Å²) in [7, 11) is 0. The van der Waals surface area contributed by atoms with Gasteiger partial charge in [0, 0.05) is 28.0 Å². The van der Waals surface area contributed by atoms with Crippen molar-refractivity contribution < 1.29 is 9.90 Å². The zero-order chi connectivity index (χ0) is 13.5. The van der Waals surface area contributed by atoms with Crippen molar-refractivity contribution in [1.29, 1.82) is 0 Å². The summed E-state index contributed by atoms with van der Waals surface area (Å²) in [6, 6.07) is 7.74. The Morgan fingerprint density at radius 2 is 2.32 bits per heavy atom. The first-order valence-corrected chi connectivity index (χ1v) is 7.43. The summed E-state index contributed by atoms with van der Waals surface area (Å²) in [5.41, 5.74) is 1.64. The molecule has 1 aromatic carbocycles. The van der Waals surface area contributed by atoms with Gasteiger partial charge in [-0.2, -0.15) is 11.8 Å².